The lowest BCUT2D eigenvalue weighted by atomic mass is 10.0. The van der Waals surface area contributed by atoms with Gasteiger partial charge in [-0.3, -0.25) is 19.4 Å². The highest BCUT2D eigenvalue weighted by molar-refractivity contribution is 7.71. The molecule has 0 bridgehead atoms. The molecular formula is C16H21F2N5OS2. The SMILES string of the molecule is CC(C(=O)NC1CCN(CC(F)F)CC1)n1c(-c2cccs2)n[nH]c1=S. The molecule has 1 aliphatic heterocycles. The second-order valence-corrected chi connectivity index (χ2v) is 7.68. The number of likely N-dealkylation sites (tertiary alicyclic amines) is 1. The van der Waals surface area contributed by atoms with E-state index in [0.717, 1.165) is 4.88 Å². The Kier molecular flexibility index (Phi) is 6.15. The van der Waals surface area contributed by atoms with Crippen molar-refractivity contribution >= 4 is 29.5 Å². The van der Waals surface area contributed by atoms with Crippen molar-refractivity contribution in [1.29, 1.82) is 0 Å². The summed E-state index contributed by atoms with van der Waals surface area (Å²) >= 11 is 6.82. The van der Waals surface area contributed by atoms with Gasteiger partial charge in [0.25, 0.3) is 6.43 Å². The van der Waals surface area contributed by atoms with E-state index in [1.807, 2.05) is 17.5 Å². The maximum absolute atomic E-state index is 12.7. The number of hydrogen-bond donors (Lipinski definition) is 2. The van der Waals surface area contributed by atoms with Gasteiger partial charge >= 0.3 is 0 Å². The normalized spacial score (nSPS) is 17.5. The number of hydrogen-bond acceptors (Lipinski definition) is 5. The zero-order valence-electron chi connectivity index (χ0n) is 14.3. The molecule has 0 aromatic carbocycles. The molecule has 3 heterocycles. The second kappa shape index (κ2) is 8.36. The third-order valence-electron chi connectivity index (χ3n) is 4.54. The lowest BCUT2D eigenvalue weighted by Gasteiger charge is -2.32. The molecule has 1 fully saturated rings. The molecule has 6 nitrogen and oxygen atoms in total. The Morgan fingerprint density at radius 1 is 1.50 bits per heavy atom. The largest absolute Gasteiger partial charge is 0.351 e. The Hall–Kier alpha value is -1.65. The maximum Gasteiger partial charge on any atom is 0.251 e. The quantitative estimate of drug-likeness (QED) is 0.730. The highest BCUT2D eigenvalue weighted by Gasteiger charge is 2.26. The molecule has 10 heteroatoms. The van der Waals surface area contributed by atoms with Crippen LogP contribution in [0.2, 0.25) is 0 Å². The molecule has 142 valence electrons. The van der Waals surface area contributed by atoms with Gasteiger partial charge in [-0.1, -0.05) is 6.07 Å². The van der Waals surface area contributed by atoms with Crippen LogP contribution >= 0.6 is 23.6 Å². The van der Waals surface area contributed by atoms with Gasteiger partial charge in [-0.05, 0) is 43.4 Å². The average Bonchev–Trinajstić information content (AvgIpc) is 3.24. The van der Waals surface area contributed by atoms with Gasteiger partial charge in [0.15, 0.2) is 10.6 Å². The van der Waals surface area contributed by atoms with Crippen LogP contribution in [0.4, 0.5) is 8.78 Å². The van der Waals surface area contributed by atoms with Gasteiger partial charge in [0.2, 0.25) is 5.91 Å². The Balaban J connectivity index is 1.63. The van der Waals surface area contributed by atoms with Gasteiger partial charge in [0.1, 0.15) is 6.04 Å². The first-order valence-electron chi connectivity index (χ1n) is 8.47. The van der Waals surface area contributed by atoms with Crippen LogP contribution in [-0.4, -0.2) is 57.7 Å². The van der Waals surface area contributed by atoms with E-state index in [2.05, 4.69) is 15.5 Å². The van der Waals surface area contributed by atoms with Crippen molar-refractivity contribution in [3.63, 3.8) is 0 Å². The summed E-state index contributed by atoms with van der Waals surface area (Å²) in [5.41, 5.74) is 0. The first-order chi connectivity index (χ1) is 12.5. The number of alkyl halides is 2. The highest BCUT2D eigenvalue weighted by Crippen LogP contribution is 2.25. The van der Waals surface area contributed by atoms with E-state index in [4.69, 9.17) is 12.2 Å². The number of carbonyl (C=O) groups is 1. The summed E-state index contributed by atoms with van der Waals surface area (Å²) in [6.45, 7) is 2.71. The summed E-state index contributed by atoms with van der Waals surface area (Å²) in [6, 6.07) is 3.32. The average molecular weight is 402 g/mol. The number of aromatic amines is 1. The topological polar surface area (TPSA) is 66.0 Å². The van der Waals surface area contributed by atoms with E-state index in [1.165, 1.54) is 11.3 Å². The molecule has 2 aromatic heterocycles. The van der Waals surface area contributed by atoms with Gasteiger partial charge in [-0.25, -0.2) is 8.78 Å². The number of amides is 1. The molecule has 1 aliphatic rings. The molecule has 1 amide bonds. The molecule has 1 unspecified atom stereocenters. The number of thiophene rings is 1. The van der Waals surface area contributed by atoms with Gasteiger partial charge in [-0.2, -0.15) is 5.10 Å². The first kappa shape index (κ1) is 19.1. The molecule has 3 rings (SSSR count). The molecule has 0 aliphatic carbocycles. The molecule has 26 heavy (non-hydrogen) atoms. The Morgan fingerprint density at radius 3 is 2.85 bits per heavy atom. The van der Waals surface area contributed by atoms with Crippen LogP contribution < -0.4 is 5.32 Å². The molecule has 2 N–H and O–H groups in total. The molecule has 1 atom stereocenters. The molecule has 1 saturated heterocycles. The highest BCUT2D eigenvalue weighted by atomic mass is 32.1. The van der Waals surface area contributed by atoms with Crippen molar-refractivity contribution in [1.82, 2.24) is 25.0 Å². The molecule has 0 spiro atoms. The fourth-order valence-corrected chi connectivity index (χ4v) is 4.14. The molecule has 2 aromatic rings. The van der Waals surface area contributed by atoms with Crippen molar-refractivity contribution < 1.29 is 13.6 Å². The summed E-state index contributed by atoms with van der Waals surface area (Å²) in [7, 11) is 0. The maximum atomic E-state index is 12.7. The van der Waals surface area contributed by atoms with E-state index >= 15 is 0 Å². The van der Waals surface area contributed by atoms with Gasteiger partial charge < -0.3 is 5.32 Å². The number of nitrogens with zero attached hydrogens (tertiary/aromatic N) is 3. The number of H-pyrrole nitrogens is 1. The van der Waals surface area contributed by atoms with Crippen LogP contribution in [0, 0.1) is 4.77 Å². The van der Waals surface area contributed by atoms with Gasteiger partial charge in [-0.15, -0.1) is 11.3 Å². The van der Waals surface area contributed by atoms with Crippen molar-refractivity contribution in [3.05, 3.63) is 22.3 Å². The fourth-order valence-electron chi connectivity index (χ4n) is 3.14. The third-order valence-corrected chi connectivity index (χ3v) is 5.70. The minimum absolute atomic E-state index is 0.00914. The fraction of sp³-hybridized carbons (Fsp3) is 0.562. The summed E-state index contributed by atoms with van der Waals surface area (Å²) in [4.78, 5) is 15.4. The Labute approximate surface area is 159 Å². The monoisotopic (exact) mass is 401 g/mol. The minimum Gasteiger partial charge on any atom is -0.351 e. The Morgan fingerprint density at radius 2 is 2.23 bits per heavy atom. The minimum atomic E-state index is -2.32. The van der Waals surface area contributed by atoms with Crippen LogP contribution in [0.5, 0.6) is 0 Å². The molecule has 0 radical (unpaired) electrons. The van der Waals surface area contributed by atoms with Crippen LogP contribution in [0.25, 0.3) is 10.7 Å². The predicted molar refractivity (Wildman–Crippen MR) is 99.0 cm³/mol. The van der Waals surface area contributed by atoms with Crippen molar-refractivity contribution in [3.8, 4) is 10.7 Å². The lowest BCUT2D eigenvalue weighted by Crippen LogP contribution is -2.47. The third kappa shape index (κ3) is 4.36. The summed E-state index contributed by atoms with van der Waals surface area (Å²) in [5.74, 6) is 0.493. The number of carbonyl (C=O) groups excluding carboxylic acids is 1. The standard InChI is InChI=1S/C16H21F2N5OS2/c1-10(23-14(20-21-16(23)25)12-3-2-8-26-12)15(24)19-11-4-6-22(7-5-11)9-13(17)18/h2-3,8,10-11,13H,4-7,9H2,1H3,(H,19,24)(H,21,25). The van der Waals surface area contributed by atoms with E-state index in [0.29, 0.717) is 36.5 Å². The zero-order chi connectivity index (χ0) is 18.7. The number of nitrogens with one attached hydrogen (secondary N) is 2. The second-order valence-electron chi connectivity index (χ2n) is 6.35. The van der Waals surface area contributed by atoms with Crippen LogP contribution in [0.3, 0.4) is 0 Å². The lowest BCUT2D eigenvalue weighted by molar-refractivity contribution is -0.125. The van der Waals surface area contributed by atoms with Crippen molar-refractivity contribution in [2.45, 2.75) is 38.3 Å². The number of piperidine rings is 1. The van der Waals surface area contributed by atoms with Crippen LogP contribution in [0.15, 0.2) is 17.5 Å². The van der Waals surface area contributed by atoms with E-state index in [9.17, 15) is 13.6 Å². The van der Waals surface area contributed by atoms with E-state index in [1.54, 1.807) is 16.4 Å². The van der Waals surface area contributed by atoms with Gasteiger partial charge in [0, 0.05) is 19.1 Å². The number of rotatable bonds is 6. The Bertz CT molecular complexity index is 781. The van der Waals surface area contributed by atoms with E-state index in [-0.39, 0.29) is 18.5 Å². The molecular weight excluding hydrogens is 380 g/mol. The van der Waals surface area contributed by atoms with Crippen molar-refractivity contribution in [2.75, 3.05) is 19.6 Å². The van der Waals surface area contributed by atoms with E-state index < -0.39 is 12.5 Å². The molecule has 0 saturated carbocycles. The number of aromatic nitrogens is 3. The van der Waals surface area contributed by atoms with Crippen LogP contribution in [0.1, 0.15) is 25.8 Å². The van der Waals surface area contributed by atoms with Crippen molar-refractivity contribution in [2.24, 2.45) is 0 Å². The summed E-state index contributed by atoms with van der Waals surface area (Å²) in [5, 5.41) is 12.0. The predicted octanol–water partition coefficient (Wildman–Crippen LogP) is 3.08. The summed E-state index contributed by atoms with van der Waals surface area (Å²) in [6.07, 6.45) is -0.987. The first-order valence-corrected chi connectivity index (χ1v) is 9.76. The summed E-state index contributed by atoms with van der Waals surface area (Å²) < 4.78 is 27.0. The van der Waals surface area contributed by atoms with Gasteiger partial charge in [0.05, 0.1) is 11.4 Å². The smallest absolute Gasteiger partial charge is 0.251 e. The number of halogens is 2. The van der Waals surface area contributed by atoms with Crippen LogP contribution in [-0.2, 0) is 4.79 Å². The zero-order valence-corrected chi connectivity index (χ0v) is 16.0.